The molecule has 1 atom stereocenters. The van der Waals surface area contributed by atoms with Crippen molar-refractivity contribution >= 4 is 0 Å². The summed E-state index contributed by atoms with van der Waals surface area (Å²) < 4.78 is 4.97. The van der Waals surface area contributed by atoms with Crippen LogP contribution in [0, 0.1) is 0 Å². The molecule has 0 aromatic heterocycles. The molecule has 0 heterocycles. The number of hydrogen-bond acceptors (Lipinski definition) is 2. The second-order valence-corrected chi connectivity index (χ2v) is 2.44. The summed E-state index contributed by atoms with van der Waals surface area (Å²) in [5, 5.41) is 10.8. The van der Waals surface area contributed by atoms with Crippen LogP contribution < -0.4 is 34.7 Å². The number of hydrogen-bond donors (Lipinski definition) is 0. The van der Waals surface area contributed by atoms with Crippen molar-refractivity contribution in [2.75, 3.05) is 6.61 Å². The summed E-state index contributed by atoms with van der Waals surface area (Å²) in [6.45, 7) is 4.71. The molecular weight excluding hydrogens is 151 g/mol. The van der Waals surface area contributed by atoms with Gasteiger partial charge < -0.3 is 9.84 Å². The van der Waals surface area contributed by atoms with Gasteiger partial charge in [0, 0.05) is 6.61 Å². The van der Waals surface area contributed by atoms with Gasteiger partial charge in [0.05, 0.1) is 0 Å². The van der Waals surface area contributed by atoms with E-state index in [1.807, 2.05) is 6.92 Å². The van der Waals surface area contributed by atoms with E-state index in [-0.39, 0.29) is 29.6 Å². The Kier molecular flexibility index (Phi) is 14.3. The maximum Gasteiger partial charge on any atom is 1.00 e. The SMILES string of the molecule is CCCCOC([O-])CCC.[Na+]. The van der Waals surface area contributed by atoms with Crippen LogP contribution >= 0.6 is 0 Å². The van der Waals surface area contributed by atoms with E-state index in [4.69, 9.17) is 4.74 Å². The van der Waals surface area contributed by atoms with E-state index in [1.54, 1.807) is 0 Å². The Bertz CT molecular complexity index is 69.1. The van der Waals surface area contributed by atoms with Crippen LogP contribution in [0.25, 0.3) is 0 Å². The minimum absolute atomic E-state index is 0. The molecule has 0 aliphatic carbocycles. The van der Waals surface area contributed by atoms with Gasteiger partial charge in [0.25, 0.3) is 0 Å². The van der Waals surface area contributed by atoms with Crippen LogP contribution in [0.1, 0.15) is 39.5 Å². The zero-order valence-corrected chi connectivity index (χ0v) is 9.93. The smallest absolute Gasteiger partial charge is 0.831 e. The number of rotatable bonds is 6. The molecule has 0 aromatic carbocycles. The van der Waals surface area contributed by atoms with Crippen molar-refractivity contribution in [3.63, 3.8) is 0 Å². The fraction of sp³-hybridized carbons (Fsp3) is 1.00. The second kappa shape index (κ2) is 10.9. The fourth-order valence-corrected chi connectivity index (χ4v) is 0.678. The Morgan fingerprint density at radius 1 is 1.27 bits per heavy atom. The summed E-state index contributed by atoms with van der Waals surface area (Å²) in [7, 11) is 0. The molecule has 0 aliphatic rings. The van der Waals surface area contributed by atoms with E-state index in [9.17, 15) is 5.11 Å². The third-order valence-electron chi connectivity index (χ3n) is 1.33. The quantitative estimate of drug-likeness (QED) is 0.269. The first-order chi connectivity index (χ1) is 4.81. The first-order valence-corrected chi connectivity index (χ1v) is 4.08. The summed E-state index contributed by atoms with van der Waals surface area (Å²) >= 11 is 0. The molecule has 0 bridgehead atoms. The third-order valence-corrected chi connectivity index (χ3v) is 1.33. The average Bonchev–Trinajstić information content (AvgIpc) is 1.89. The Labute approximate surface area is 91.6 Å². The van der Waals surface area contributed by atoms with Crippen molar-refractivity contribution in [2.45, 2.75) is 45.8 Å². The van der Waals surface area contributed by atoms with Crippen LogP contribution in [-0.2, 0) is 4.74 Å². The van der Waals surface area contributed by atoms with E-state index >= 15 is 0 Å². The largest absolute Gasteiger partial charge is 1.00 e. The van der Waals surface area contributed by atoms with E-state index in [0.717, 1.165) is 19.3 Å². The van der Waals surface area contributed by atoms with Crippen LogP contribution in [0.4, 0.5) is 0 Å². The van der Waals surface area contributed by atoms with Crippen LogP contribution in [0.5, 0.6) is 0 Å². The van der Waals surface area contributed by atoms with E-state index in [0.29, 0.717) is 13.0 Å². The van der Waals surface area contributed by atoms with Crippen molar-refractivity contribution in [2.24, 2.45) is 0 Å². The molecule has 0 saturated carbocycles. The van der Waals surface area contributed by atoms with Gasteiger partial charge >= 0.3 is 29.6 Å². The van der Waals surface area contributed by atoms with Crippen LogP contribution in [0.2, 0.25) is 0 Å². The minimum atomic E-state index is -0.781. The zero-order valence-electron chi connectivity index (χ0n) is 7.93. The zero-order chi connectivity index (χ0) is 7.82. The molecule has 0 saturated heterocycles. The first-order valence-electron chi connectivity index (χ1n) is 4.08. The molecule has 0 radical (unpaired) electrons. The first kappa shape index (κ1) is 14.4. The third kappa shape index (κ3) is 10.9. The van der Waals surface area contributed by atoms with E-state index in [2.05, 4.69) is 6.92 Å². The maximum absolute atomic E-state index is 10.8. The molecule has 3 heteroatoms. The molecule has 0 amide bonds. The molecule has 1 unspecified atom stereocenters. The second-order valence-electron chi connectivity index (χ2n) is 2.44. The normalized spacial score (nSPS) is 12.3. The van der Waals surface area contributed by atoms with Gasteiger partial charge in [0.2, 0.25) is 0 Å². The van der Waals surface area contributed by atoms with E-state index in [1.165, 1.54) is 0 Å². The number of unbranched alkanes of at least 4 members (excludes halogenated alkanes) is 1. The predicted octanol–water partition coefficient (Wildman–Crippen LogP) is -1.71. The summed E-state index contributed by atoms with van der Waals surface area (Å²) in [6, 6.07) is 0. The standard InChI is InChI=1S/C8H17O2.Na/c1-3-5-7-10-8(9)6-4-2;/h8H,3-7H2,1-2H3;/q-1;+1. The van der Waals surface area contributed by atoms with Crippen LogP contribution in [-0.4, -0.2) is 12.9 Å². The molecule has 0 rings (SSSR count). The molecule has 0 spiro atoms. The minimum Gasteiger partial charge on any atom is -0.831 e. The summed E-state index contributed by atoms with van der Waals surface area (Å²) in [4.78, 5) is 0. The molecule has 0 aromatic rings. The maximum atomic E-state index is 10.8. The summed E-state index contributed by atoms with van der Waals surface area (Å²) in [6.07, 6.45) is 2.88. The monoisotopic (exact) mass is 168 g/mol. The van der Waals surface area contributed by atoms with Crippen molar-refractivity contribution in [1.82, 2.24) is 0 Å². The van der Waals surface area contributed by atoms with E-state index < -0.39 is 6.29 Å². The summed E-state index contributed by atoms with van der Waals surface area (Å²) in [5.41, 5.74) is 0. The van der Waals surface area contributed by atoms with Gasteiger partial charge in [-0.25, -0.2) is 0 Å². The van der Waals surface area contributed by atoms with Crippen molar-refractivity contribution < 1.29 is 39.4 Å². The molecule has 0 fully saturated rings. The molecule has 0 N–H and O–H groups in total. The fourth-order valence-electron chi connectivity index (χ4n) is 0.678. The van der Waals surface area contributed by atoms with Crippen molar-refractivity contribution in [3.8, 4) is 0 Å². The van der Waals surface area contributed by atoms with Gasteiger partial charge in [-0.05, 0) is 19.1 Å². The van der Waals surface area contributed by atoms with Gasteiger partial charge in [0.15, 0.2) is 0 Å². The van der Waals surface area contributed by atoms with Gasteiger partial charge in [0.1, 0.15) is 0 Å². The van der Waals surface area contributed by atoms with Crippen LogP contribution in [0.3, 0.4) is 0 Å². The van der Waals surface area contributed by atoms with Crippen LogP contribution in [0.15, 0.2) is 0 Å². The topological polar surface area (TPSA) is 32.3 Å². The molecule has 0 aliphatic heterocycles. The molecular formula is C8H17NaO2. The van der Waals surface area contributed by atoms with Gasteiger partial charge in [-0.3, -0.25) is 0 Å². The van der Waals surface area contributed by atoms with Crippen molar-refractivity contribution in [1.29, 1.82) is 0 Å². The average molecular weight is 168 g/mol. The van der Waals surface area contributed by atoms with Gasteiger partial charge in [-0.1, -0.05) is 26.7 Å². The molecule has 11 heavy (non-hydrogen) atoms. The number of ether oxygens (including phenoxy) is 1. The van der Waals surface area contributed by atoms with Crippen molar-refractivity contribution in [3.05, 3.63) is 0 Å². The summed E-state index contributed by atoms with van der Waals surface area (Å²) in [5.74, 6) is 0. The Morgan fingerprint density at radius 2 is 1.91 bits per heavy atom. The van der Waals surface area contributed by atoms with Gasteiger partial charge in [-0.2, -0.15) is 0 Å². The Balaban J connectivity index is 0. The Morgan fingerprint density at radius 3 is 2.36 bits per heavy atom. The molecule has 2 nitrogen and oxygen atoms in total. The molecule has 62 valence electrons. The Hall–Kier alpha value is 0.920. The predicted molar refractivity (Wildman–Crippen MR) is 39.6 cm³/mol. The van der Waals surface area contributed by atoms with Gasteiger partial charge in [-0.15, -0.1) is 0 Å².